The van der Waals surface area contributed by atoms with Crippen LogP contribution in [0.2, 0.25) is 0 Å². The average Bonchev–Trinajstić information content (AvgIpc) is 3.29. The van der Waals surface area contributed by atoms with Gasteiger partial charge in [0.1, 0.15) is 42.2 Å². The number of nitrogens with zero attached hydrogens (tertiary/aromatic N) is 3. The highest BCUT2D eigenvalue weighted by Crippen LogP contribution is 2.37. The maximum Gasteiger partial charge on any atom is 0.164 e. The normalized spacial score (nSPS) is 28.5. The lowest BCUT2D eigenvalue weighted by atomic mass is 10.0. The molecule has 8 heteroatoms. The van der Waals surface area contributed by atoms with Crippen LogP contribution in [0, 0.1) is 6.92 Å². The Morgan fingerprint density at radius 1 is 1.21 bits per heavy atom. The van der Waals surface area contributed by atoms with Crippen LogP contribution in [0.4, 0.5) is 0 Å². The predicted molar refractivity (Wildman–Crippen MR) is 81.9 cm³/mol. The van der Waals surface area contributed by atoms with E-state index in [9.17, 15) is 15.3 Å². The summed E-state index contributed by atoms with van der Waals surface area (Å²) >= 11 is 0. The molecule has 8 nitrogen and oxygen atoms in total. The van der Waals surface area contributed by atoms with Gasteiger partial charge in [-0.1, -0.05) is 0 Å². The Kier molecular flexibility index (Phi) is 3.61. The molecule has 0 spiro atoms. The van der Waals surface area contributed by atoms with E-state index < -0.39 is 30.6 Å². The number of furan rings is 1. The van der Waals surface area contributed by atoms with Crippen LogP contribution in [0.1, 0.15) is 23.8 Å². The maximum absolute atomic E-state index is 10.4. The van der Waals surface area contributed by atoms with Crippen molar-refractivity contribution >= 4 is 11.0 Å². The summed E-state index contributed by atoms with van der Waals surface area (Å²) in [5, 5.41) is 31.9. The minimum Gasteiger partial charge on any atom is -0.466 e. The minimum atomic E-state index is -1.27. The SMILES string of the molecule is Cc1ncnc2c1ccn2C1OC(C(O)c2ccco2)C(O)C1O. The van der Waals surface area contributed by atoms with Crippen LogP contribution >= 0.6 is 0 Å². The Bertz CT molecular complexity index is 847. The third kappa shape index (κ3) is 2.23. The molecule has 3 aromatic rings. The van der Waals surface area contributed by atoms with Gasteiger partial charge in [-0.2, -0.15) is 0 Å². The maximum atomic E-state index is 10.4. The van der Waals surface area contributed by atoms with E-state index in [2.05, 4.69) is 9.97 Å². The van der Waals surface area contributed by atoms with Crippen molar-refractivity contribution in [3.05, 3.63) is 48.4 Å². The van der Waals surface area contributed by atoms with Gasteiger partial charge >= 0.3 is 0 Å². The van der Waals surface area contributed by atoms with Crippen LogP contribution < -0.4 is 0 Å². The van der Waals surface area contributed by atoms with Crippen LogP contribution in [-0.2, 0) is 4.74 Å². The molecule has 24 heavy (non-hydrogen) atoms. The summed E-state index contributed by atoms with van der Waals surface area (Å²) in [6.07, 6.45) is -0.991. The lowest BCUT2D eigenvalue weighted by molar-refractivity contribution is -0.0903. The van der Waals surface area contributed by atoms with Crippen molar-refractivity contribution in [1.29, 1.82) is 0 Å². The first-order chi connectivity index (χ1) is 11.6. The monoisotopic (exact) mass is 331 g/mol. The zero-order valence-electron chi connectivity index (χ0n) is 12.9. The summed E-state index contributed by atoms with van der Waals surface area (Å²) in [6.45, 7) is 1.86. The van der Waals surface area contributed by atoms with Crippen molar-refractivity contribution in [2.45, 2.75) is 37.6 Å². The van der Waals surface area contributed by atoms with Gasteiger partial charge in [-0.3, -0.25) is 0 Å². The molecule has 0 aliphatic carbocycles. The molecule has 5 unspecified atom stereocenters. The Labute approximate surface area is 137 Å². The quantitative estimate of drug-likeness (QED) is 0.647. The van der Waals surface area contributed by atoms with Gasteiger partial charge in [0.05, 0.1) is 12.0 Å². The fraction of sp³-hybridized carbons (Fsp3) is 0.375. The van der Waals surface area contributed by atoms with E-state index in [1.165, 1.54) is 12.6 Å². The summed E-state index contributed by atoms with van der Waals surface area (Å²) in [5.74, 6) is 0.266. The number of hydrogen-bond donors (Lipinski definition) is 3. The highest BCUT2D eigenvalue weighted by Gasteiger charge is 2.48. The highest BCUT2D eigenvalue weighted by atomic mass is 16.6. The number of aliphatic hydroxyl groups excluding tert-OH is 3. The molecule has 1 saturated heterocycles. The third-order valence-corrected chi connectivity index (χ3v) is 4.40. The van der Waals surface area contributed by atoms with Crippen molar-refractivity contribution in [3.63, 3.8) is 0 Å². The molecule has 126 valence electrons. The van der Waals surface area contributed by atoms with Crippen molar-refractivity contribution in [2.75, 3.05) is 0 Å². The lowest BCUT2D eigenvalue weighted by Crippen LogP contribution is -2.34. The highest BCUT2D eigenvalue weighted by molar-refractivity contribution is 5.78. The second-order valence-corrected chi connectivity index (χ2v) is 5.85. The molecule has 3 N–H and O–H groups in total. The first kappa shape index (κ1) is 15.3. The molecule has 0 saturated carbocycles. The minimum absolute atomic E-state index is 0.266. The van der Waals surface area contributed by atoms with E-state index in [0.29, 0.717) is 5.65 Å². The van der Waals surface area contributed by atoms with Gasteiger partial charge < -0.3 is 29.0 Å². The zero-order valence-corrected chi connectivity index (χ0v) is 12.9. The summed E-state index contributed by atoms with van der Waals surface area (Å²) < 4.78 is 12.5. The van der Waals surface area contributed by atoms with Gasteiger partial charge in [0, 0.05) is 11.6 Å². The molecule has 0 aromatic carbocycles. The van der Waals surface area contributed by atoms with Crippen LogP contribution in [0.5, 0.6) is 0 Å². The van der Waals surface area contributed by atoms with E-state index >= 15 is 0 Å². The molecule has 5 atom stereocenters. The molecule has 4 rings (SSSR count). The first-order valence-corrected chi connectivity index (χ1v) is 7.59. The van der Waals surface area contributed by atoms with Crippen LogP contribution in [0.3, 0.4) is 0 Å². The topological polar surface area (TPSA) is 114 Å². The van der Waals surface area contributed by atoms with E-state index in [0.717, 1.165) is 11.1 Å². The van der Waals surface area contributed by atoms with Gasteiger partial charge in [-0.15, -0.1) is 0 Å². The van der Waals surface area contributed by atoms with Crippen molar-refractivity contribution in [3.8, 4) is 0 Å². The molecule has 1 fully saturated rings. The third-order valence-electron chi connectivity index (χ3n) is 4.40. The van der Waals surface area contributed by atoms with E-state index in [4.69, 9.17) is 9.15 Å². The molecular weight excluding hydrogens is 314 g/mol. The molecule has 1 aliphatic rings. The molecule has 1 aliphatic heterocycles. The molecule has 4 heterocycles. The number of aliphatic hydroxyl groups is 3. The number of aromatic nitrogens is 3. The van der Waals surface area contributed by atoms with Gasteiger partial charge in [0.15, 0.2) is 6.23 Å². The van der Waals surface area contributed by atoms with E-state index in [1.54, 1.807) is 22.9 Å². The Morgan fingerprint density at radius 2 is 2.04 bits per heavy atom. The Hall–Kier alpha value is -2.26. The lowest BCUT2D eigenvalue weighted by Gasteiger charge is -2.19. The predicted octanol–water partition coefficient (Wildman–Crippen LogP) is 0.686. The molecule has 0 bridgehead atoms. The van der Waals surface area contributed by atoms with Gasteiger partial charge in [0.2, 0.25) is 0 Å². The van der Waals surface area contributed by atoms with Gasteiger partial charge in [0.25, 0.3) is 0 Å². The van der Waals surface area contributed by atoms with E-state index in [1.807, 2.05) is 13.0 Å². The summed E-state index contributed by atoms with van der Waals surface area (Å²) in [6, 6.07) is 5.04. The number of rotatable bonds is 3. The summed E-state index contributed by atoms with van der Waals surface area (Å²) in [4.78, 5) is 8.35. The number of hydrogen-bond acceptors (Lipinski definition) is 7. The van der Waals surface area contributed by atoms with Crippen molar-refractivity contribution in [1.82, 2.24) is 14.5 Å². The molecular formula is C16H17N3O5. The fourth-order valence-corrected chi connectivity index (χ4v) is 3.10. The van der Waals surface area contributed by atoms with Gasteiger partial charge in [-0.05, 0) is 25.1 Å². The van der Waals surface area contributed by atoms with Crippen LogP contribution in [0.15, 0.2) is 41.4 Å². The average molecular weight is 331 g/mol. The van der Waals surface area contributed by atoms with Crippen molar-refractivity contribution in [2.24, 2.45) is 0 Å². The summed E-state index contributed by atoms with van der Waals surface area (Å²) in [5.41, 5.74) is 1.39. The second kappa shape index (κ2) is 5.67. The number of fused-ring (bicyclic) bond motifs is 1. The van der Waals surface area contributed by atoms with Crippen molar-refractivity contribution < 1.29 is 24.5 Å². The number of ether oxygens (including phenoxy) is 1. The van der Waals surface area contributed by atoms with E-state index in [-0.39, 0.29) is 5.76 Å². The number of aryl methyl sites for hydroxylation is 1. The van der Waals surface area contributed by atoms with Gasteiger partial charge in [-0.25, -0.2) is 9.97 Å². The molecule has 0 amide bonds. The smallest absolute Gasteiger partial charge is 0.164 e. The fourth-order valence-electron chi connectivity index (χ4n) is 3.10. The molecule has 0 radical (unpaired) electrons. The van der Waals surface area contributed by atoms with Crippen LogP contribution in [0.25, 0.3) is 11.0 Å². The largest absolute Gasteiger partial charge is 0.466 e. The first-order valence-electron chi connectivity index (χ1n) is 7.59. The zero-order chi connectivity index (χ0) is 16.8. The molecule has 3 aromatic heterocycles. The second-order valence-electron chi connectivity index (χ2n) is 5.85. The standard InChI is InChI=1S/C16H17N3O5/c1-8-9-4-5-19(15(9)18-7-17-8)16-13(22)12(21)14(24-16)11(20)10-3-2-6-23-10/h2-7,11-14,16,20-22H,1H3. The Balaban J connectivity index is 1.68. The summed E-state index contributed by atoms with van der Waals surface area (Å²) in [7, 11) is 0. The Morgan fingerprint density at radius 3 is 2.79 bits per heavy atom. The van der Waals surface area contributed by atoms with Crippen LogP contribution in [-0.4, -0.2) is 48.2 Å².